The van der Waals surface area contributed by atoms with E-state index in [1.807, 2.05) is 12.1 Å². The van der Waals surface area contributed by atoms with Crippen molar-refractivity contribution in [1.29, 1.82) is 0 Å². The average Bonchev–Trinajstić information content (AvgIpc) is 3.95. The highest BCUT2D eigenvalue weighted by molar-refractivity contribution is 5.53. The Morgan fingerprint density at radius 2 is 1.62 bits per heavy atom. The van der Waals surface area contributed by atoms with Gasteiger partial charge in [0.1, 0.15) is 25.0 Å². The summed E-state index contributed by atoms with van der Waals surface area (Å²) in [5.41, 5.74) is 2.06. The zero-order valence-corrected chi connectivity index (χ0v) is 30.1. The minimum absolute atomic E-state index is 0.0856. The third-order valence-electron chi connectivity index (χ3n) is 9.97. The van der Waals surface area contributed by atoms with Crippen molar-refractivity contribution in [3.8, 4) is 23.3 Å². The van der Waals surface area contributed by atoms with Gasteiger partial charge in [0.25, 0.3) is 0 Å². The molecule has 280 valence electrons. The van der Waals surface area contributed by atoms with Gasteiger partial charge in [0.05, 0.1) is 18.8 Å². The van der Waals surface area contributed by atoms with Gasteiger partial charge in [-0.05, 0) is 90.6 Å². The number of rotatable bonds is 15. The predicted octanol–water partition coefficient (Wildman–Crippen LogP) is 0.141. The molecule has 8 rings (SSSR count). The van der Waals surface area contributed by atoms with Gasteiger partial charge >= 0.3 is 5.88 Å². The van der Waals surface area contributed by atoms with Crippen LogP contribution in [0.4, 0.5) is 0 Å². The normalized spacial score (nSPS) is 19.4. The zero-order valence-electron chi connectivity index (χ0n) is 30.1. The van der Waals surface area contributed by atoms with Gasteiger partial charge in [-0.2, -0.15) is 0 Å². The van der Waals surface area contributed by atoms with E-state index in [1.165, 1.54) is 22.1 Å². The van der Waals surface area contributed by atoms with Crippen LogP contribution in [0.2, 0.25) is 0 Å². The van der Waals surface area contributed by atoms with Crippen LogP contribution in [-0.2, 0) is 4.74 Å². The van der Waals surface area contributed by atoms with Crippen LogP contribution in [0.5, 0.6) is 17.6 Å². The summed E-state index contributed by atoms with van der Waals surface area (Å²) in [4.78, 5) is 4.77. The smallest absolute Gasteiger partial charge is 0.309 e. The molecule has 21 heteroatoms. The number of hydrogen-bond donors (Lipinski definition) is 0. The molecule has 0 saturated carbocycles. The van der Waals surface area contributed by atoms with Crippen molar-refractivity contribution >= 4 is 16.9 Å². The van der Waals surface area contributed by atoms with Crippen molar-refractivity contribution in [3.05, 3.63) is 30.3 Å². The van der Waals surface area contributed by atoms with E-state index >= 15 is 0 Å². The summed E-state index contributed by atoms with van der Waals surface area (Å²) in [5.74, 6) is 2.07. The van der Waals surface area contributed by atoms with Gasteiger partial charge in [-0.3, -0.25) is 4.90 Å². The Labute approximate surface area is 304 Å². The fourth-order valence-corrected chi connectivity index (χ4v) is 7.30. The van der Waals surface area contributed by atoms with Crippen molar-refractivity contribution in [3.63, 3.8) is 0 Å². The lowest BCUT2D eigenvalue weighted by molar-refractivity contribution is -0.682. The number of nitrogens with zero attached hydrogens (tertiary/aromatic N) is 17. The summed E-state index contributed by atoms with van der Waals surface area (Å²) < 4.78 is 31.0. The second-order valence-corrected chi connectivity index (χ2v) is 13.9. The molecule has 6 aromatic heterocycles. The van der Waals surface area contributed by atoms with E-state index in [9.17, 15) is 0 Å². The molecule has 2 fully saturated rings. The van der Waals surface area contributed by atoms with Crippen LogP contribution in [0.15, 0.2) is 30.3 Å². The minimum Gasteiger partial charge on any atom is -0.475 e. The molecule has 0 amide bonds. The lowest BCUT2D eigenvalue weighted by atomic mass is 9.86. The van der Waals surface area contributed by atoms with Gasteiger partial charge in [0, 0.05) is 35.9 Å². The average molecular weight is 731 g/mol. The fourth-order valence-electron chi connectivity index (χ4n) is 7.30. The topological polar surface area (TPSA) is 202 Å². The van der Waals surface area contributed by atoms with Crippen molar-refractivity contribution < 1.29 is 23.6 Å². The molecule has 8 heterocycles. The Morgan fingerprint density at radius 1 is 0.792 bits per heavy atom. The Morgan fingerprint density at radius 3 is 2.53 bits per heavy atom. The number of hydrogen-bond acceptors (Lipinski definition) is 17. The first-order valence-corrected chi connectivity index (χ1v) is 18.2. The molecular formula is C32H44N17O4+. The third kappa shape index (κ3) is 7.76. The number of piperidine rings is 2. The summed E-state index contributed by atoms with van der Waals surface area (Å²) in [6, 6.07) is 9.29. The summed E-state index contributed by atoms with van der Waals surface area (Å²) in [6.07, 6.45) is 5.72. The monoisotopic (exact) mass is 730 g/mol. The Bertz CT molecular complexity index is 2120. The molecule has 0 spiro atoms. The van der Waals surface area contributed by atoms with Crippen molar-refractivity contribution in [2.45, 2.75) is 58.1 Å². The summed E-state index contributed by atoms with van der Waals surface area (Å²) in [7, 11) is 2.13. The van der Waals surface area contributed by atoms with Crippen LogP contribution in [0.25, 0.3) is 22.6 Å². The molecule has 3 unspecified atom stereocenters. The molecule has 53 heavy (non-hydrogen) atoms. The number of fused-ring (bicyclic) bond motifs is 3. The molecule has 0 aliphatic carbocycles. The highest BCUT2D eigenvalue weighted by atomic mass is 16.5. The van der Waals surface area contributed by atoms with Gasteiger partial charge in [-0.25, -0.2) is 0 Å². The Balaban J connectivity index is 0.917. The summed E-state index contributed by atoms with van der Waals surface area (Å²) in [5, 5.41) is 44.6. The van der Waals surface area contributed by atoms with E-state index in [-0.39, 0.29) is 6.10 Å². The molecule has 2 aliphatic heterocycles. The molecular weight excluding hydrogens is 686 g/mol. The predicted molar refractivity (Wildman–Crippen MR) is 184 cm³/mol. The largest absolute Gasteiger partial charge is 0.475 e. The minimum atomic E-state index is 0.0856. The van der Waals surface area contributed by atoms with Crippen LogP contribution in [0, 0.1) is 11.8 Å². The van der Waals surface area contributed by atoms with E-state index in [1.54, 1.807) is 27.5 Å². The molecule has 0 bridgehead atoms. The maximum atomic E-state index is 6.48. The zero-order chi connectivity index (χ0) is 36.1. The molecule has 2 saturated heterocycles. The molecule has 21 nitrogen and oxygen atoms in total. The maximum absolute atomic E-state index is 6.48. The number of likely N-dealkylation sites (tertiary alicyclic amines) is 2. The molecule has 0 aromatic carbocycles. The van der Waals surface area contributed by atoms with Crippen LogP contribution in [-0.4, -0.2) is 152 Å². The third-order valence-corrected chi connectivity index (χ3v) is 9.97. The van der Waals surface area contributed by atoms with Gasteiger partial charge in [-0.1, -0.05) is 30.0 Å². The van der Waals surface area contributed by atoms with Crippen LogP contribution < -0.4 is 18.9 Å². The lowest BCUT2D eigenvalue weighted by Gasteiger charge is -2.38. The van der Waals surface area contributed by atoms with E-state index in [2.05, 4.69) is 87.5 Å². The van der Waals surface area contributed by atoms with Crippen LogP contribution in [0.1, 0.15) is 46.0 Å². The first-order chi connectivity index (χ1) is 26.0. The van der Waals surface area contributed by atoms with Crippen LogP contribution in [0.3, 0.4) is 0 Å². The molecule has 3 atom stereocenters. The van der Waals surface area contributed by atoms with Gasteiger partial charge in [0.2, 0.25) is 34.0 Å². The van der Waals surface area contributed by atoms with E-state index in [4.69, 9.17) is 18.9 Å². The van der Waals surface area contributed by atoms with Crippen molar-refractivity contribution in [2.24, 2.45) is 11.8 Å². The number of aromatic nitrogens is 15. The molecule has 2 aliphatic rings. The van der Waals surface area contributed by atoms with Crippen LogP contribution >= 0.6 is 0 Å². The van der Waals surface area contributed by atoms with Gasteiger partial charge < -0.3 is 23.8 Å². The van der Waals surface area contributed by atoms with Gasteiger partial charge in [0.15, 0.2) is 5.65 Å². The first kappa shape index (κ1) is 34.8. The number of tetrazole rings is 3. The fraction of sp³-hybridized carbons (Fsp3) is 0.625. The Kier molecular flexibility index (Phi) is 10.3. The summed E-state index contributed by atoms with van der Waals surface area (Å²) in [6.45, 7) is 9.85. The van der Waals surface area contributed by atoms with Crippen molar-refractivity contribution in [2.75, 3.05) is 59.7 Å². The van der Waals surface area contributed by atoms with E-state index < -0.39 is 0 Å². The van der Waals surface area contributed by atoms with E-state index in [0.717, 1.165) is 45.4 Å². The standard InChI is InChI=1S/C32H44N17O4/c1-22(2)31(52-18-17-50-28-11-9-26-33-38-41-47(26)36-28)23-7-6-14-45(20-23)15-16-51-30-12-10-27-34-39-43-49(27)46(30)25-19-29(37-48-32(25)35-40-42-48)53-21-24-8-4-5-13-44(24)3/h9-12,19,22-24,31H,4-8,13-18,20-21H2,1-3H3/q+1. The van der Waals surface area contributed by atoms with E-state index in [0.29, 0.717) is 84.6 Å². The maximum Gasteiger partial charge on any atom is 0.309 e. The Hall–Kier alpha value is -5.28. The lowest BCUT2D eigenvalue weighted by Crippen LogP contribution is -2.46. The first-order valence-electron chi connectivity index (χ1n) is 18.2. The highest BCUT2D eigenvalue weighted by Crippen LogP contribution is 2.27. The highest BCUT2D eigenvalue weighted by Gasteiger charge is 2.31. The second-order valence-electron chi connectivity index (χ2n) is 13.9. The number of ether oxygens (including phenoxy) is 4. The SMILES string of the molecule is CC(C)C(OCCOc1ccc2nnnn2n1)C1CCCN(CCOc2ccc3nnnn3[n+]2-c2cc(OCC3CCCCN3C)nn3nnnc23)C1. The number of likely N-dealkylation sites (N-methyl/N-ethyl adjacent to an activating group) is 1. The molecule has 0 radical (unpaired) electrons. The van der Waals surface area contributed by atoms with Gasteiger partial charge in [-0.15, -0.1) is 29.7 Å². The van der Waals surface area contributed by atoms with Crippen molar-refractivity contribution in [1.82, 2.24) is 80.5 Å². The second kappa shape index (κ2) is 15.8. The molecule has 0 N–H and O–H groups in total. The summed E-state index contributed by atoms with van der Waals surface area (Å²) >= 11 is 0. The molecule has 6 aromatic rings. The quantitative estimate of drug-likeness (QED) is 0.102.